The van der Waals surface area contributed by atoms with Crippen LogP contribution < -0.4 is 9.47 Å². The lowest BCUT2D eigenvalue weighted by Gasteiger charge is -2.39. The molecule has 1 aliphatic rings. The van der Waals surface area contributed by atoms with E-state index in [1.807, 2.05) is 0 Å². The van der Waals surface area contributed by atoms with E-state index in [1.165, 1.54) is 19.2 Å². The molecule has 8 nitrogen and oxygen atoms in total. The van der Waals surface area contributed by atoms with Gasteiger partial charge in [-0.25, -0.2) is 0 Å². The van der Waals surface area contributed by atoms with Crippen molar-refractivity contribution in [1.29, 1.82) is 0 Å². The number of benzene rings is 1. The Hall–Kier alpha value is -1.71. The van der Waals surface area contributed by atoms with Crippen LogP contribution in [0.2, 0.25) is 0 Å². The van der Waals surface area contributed by atoms with E-state index in [-0.39, 0.29) is 17.3 Å². The molecule has 0 saturated carbocycles. The molecule has 24 heavy (non-hydrogen) atoms. The summed E-state index contributed by atoms with van der Waals surface area (Å²) in [7, 11) is 1.40. The van der Waals surface area contributed by atoms with Crippen molar-refractivity contribution < 1.29 is 39.4 Å². The standard InChI is InChI=1S/C16H22O8/c1-3-9(18)8-4-5-10(11(6-8)22-2)23-16-15(21)14(20)13(19)12(7-17)24-16/h4-6,12-17,19-21H,3,7H2,1-2H3/t12-,13+,14-,15-,16-/m0/s1. The number of methoxy groups -OCH3 is 1. The van der Waals surface area contributed by atoms with Crippen molar-refractivity contribution >= 4 is 5.78 Å². The van der Waals surface area contributed by atoms with E-state index in [9.17, 15) is 25.2 Å². The van der Waals surface area contributed by atoms with Crippen molar-refractivity contribution in [3.05, 3.63) is 23.8 Å². The van der Waals surface area contributed by atoms with Gasteiger partial charge in [-0.1, -0.05) is 6.92 Å². The maximum absolute atomic E-state index is 11.7. The second kappa shape index (κ2) is 7.91. The maximum Gasteiger partial charge on any atom is 0.229 e. The Labute approximate surface area is 139 Å². The van der Waals surface area contributed by atoms with Crippen LogP contribution in [-0.2, 0) is 4.74 Å². The summed E-state index contributed by atoms with van der Waals surface area (Å²) in [4.78, 5) is 11.7. The molecule has 1 heterocycles. The number of Topliss-reactive ketones (excluding diaryl/α,β-unsaturated/α-hetero) is 1. The lowest BCUT2D eigenvalue weighted by Crippen LogP contribution is -2.60. The molecule has 0 unspecified atom stereocenters. The third-order valence-electron chi connectivity index (χ3n) is 3.90. The van der Waals surface area contributed by atoms with Crippen LogP contribution >= 0.6 is 0 Å². The summed E-state index contributed by atoms with van der Waals surface area (Å²) >= 11 is 0. The molecular formula is C16H22O8. The molecule has 0 amide bonds. The third-order valence-corrected chi connectivity index (χ3v) is 3.90. The number of ketones is 1. The number of carbonyl (C=O) groups excluding carboxylic acids is 1. The van der Waals surface area contributed by atoms with Gasteiger partial charge in [0.15, 0.2) is 17.3 Å². The van der Waals surface area contributed by atoms with Gasteiger partial charge in [0.1, 0.15) is 24.4 Å². The molecule has 1 aromatic rings. The van der Waals surface area contributed by atoms with Gasteiger partial charge >= 0.3 is 0 Å². The lowest BCUT2D eigenvalue weighted by molar-refractivity contribution is -0.277. The van der Waals surface area contributed by atoms with Crippen molar-refractivity contribution in [3.8, 4) is 11.5 Å². The van der Waals surface area contributed by atoms with Crippen LogP contribution in [0.3, 0.4) is 0 Å². The van der Waals surface area contributed by atoms with Crippen LogP contribution in [0.25, 0.3) is 0 Å². The van der Waals surface area contributed by atoms with Crippen molar-refractivity contribution in [2.24, 2.45) is 0 Å². The average molecular weight is 342 g/mol. The van der Waals surface area contributed by atoms with Gasteiger partial charge in [-0.15, -0.1) is 0 Å². The summed E-state index contributed by atoms with van der Waals surface area (Å²) < 4.78 is 16.0. The smallest absolute Gasteiger partial charge is 0.229 e. The maximum atomic E-state index is 11.7. The van der Waals surface area contributed by atoms with Crippen LogP contribution in [0.1, 0.15) is 23.7 Å². The zero-order chi connectivity index (χ0) is 17.9. The monoisotopic (exact) mass is 342 g/mol. The minimum Gasteiger partial charge on any atom is -0.493 e. The molecule has 2 rings (SSSR count). The first-order chi connectivity index (χ1) is 11.4. The summed E-state index contributed by atoms with van der Waals surface area (Å²) in [5, 5.41) is 38.7. The topological polar surface area (TPSA) is 126 Å². The van der Waals surface area contributed by atoms with E-state index in [2.05, 4.69) is 0 Å². The highest BCUT2D eigenvalue weighted by atomic mass is 16.7. The Morgan fingerprint density at radius 2 is 1.88 bits per heavy atom. The summed E-state index contributed by atoms with van der Waals surface area (Å²) in [5.74, 6) is 0.383. The number of aliphatic hydroxyl groups excluding tert-OH is 4. The van der Waals surface area contributed by atoms with Gasteiger partial charge in [0.25, 0.3) is 0 Å². The summed E-state index contributed by atoms with van der Waals surface area (Å²) in [6, 6.07) is 4.54. The predicted octanol–water partition coefficient (Wildman–Crippen LogP) is -0.533. The highest BCUT2D eigenvalue weighted by Gasteiger charge is 2.44. The molecule has 0 aliphatic carbocycles. The molecule has 1 saturated heterocycles. The molecule has 5 atom stereocenters. The minimum atomic E-state index is -1.53. The normalized spacial score (nSPS) is 30.0. The van der Waals surface area contributed by atoms with Crippen LogP contribution in [0.15, 0.2) is 18.2 Å². The van der Waals surface area contributed by atoms with Crippen molar-refractivity contribution in [2.45, 2.75) is 44.1 Å². The molecule has 134 valence electrons. The second-order valence-electron chi connectivity index (χ2n) is 5.46. The molecule has 0 spiro atoms. The minimum absolute atomic E-state index is 0.0623. The number of ether oxygens (including phenoxy) is 3. The zero-order valence-corrected chi connectivity index (χ0v) is 13.5. The molecule has 8 heteroatoms. The summed E-state index contributed by atoms with van der Waals surface area (Å²) in [5.41, 5.74) is 0.454. The Bertz CT molecular complexity index is 573. The van der Waals surface area contributed by atoms with E-state index in [1.54, 1.807) is 13.0 Å². The largest absolute Gasteiger partial charge is 0.493 e. The molecule has 0 bridgehead atoms. The van der Waals surface area contributed by atoms with Gasteiger partial charge < -0.3 is 34.6 Å². The number of hydrogen-bond acceptors (Lipinski definition) is 8. The van der Waals surface area contributed by atoms with E-state index < -0.39 is 37.3 Å². The van der Waals surface area contributed by atoms with Gasteiger partial charge in [0, 0.05) is 12.0 Å². The first-order valence-electron chi connectivity index (χ1n) is 7.61. The first kappa shape index (κ1) is 18.6. The van der Waals surface area contributed by atoms with Crippen LogP contribution in [-0.4, -0.2) is 70.6 Å². The zero-order valence-electron chi connectivity index (χ0n) is 13.5. The van der Waals surface area contributed by atoms with E-state index in [4.69, 9.17) is 14.2 Å². The van der Waals surface area contributed by atoms with Crippen molar-refractivity contribution in [3.63, 3.8) is 0 Å². The second-order valence-corrected chi connectivity index (χ2v) is 5.46. The van der Waals surface area contributed by atoms with Crippen LogP contribution in [0.4, 0.5) is 0 Å². The van der Waals surface area contributed by atoms with Gasteiger partial charge in [-0.05, 0) is 18.2 Å². The Morgan fingerprint density at radius 3 is 2.46 bits per heavy atom. The lowest BCUT2D eigenvalue weighted by atomic mass is 9.99. The Kier molecular flexibility index (Phi) is 6.14. The first-order valence-corrected chi connectivity index (χ1v) is 7.61. The fourth-order valence-electron chi connectivity index (χ4n) is 2.43. The highest BCUT2D eigenvalue weighted by Crippen LogP contribution is 2.32. The predicted molar refractivity (Wildman–Crippen MR) is 82.0 cm³/mol. The van der Waals surface area contributed by atoms with E-state index >= 15 is 0 Å². The quantitative estimate of drug-likeness (QED) is 0.508. The van der Waals surface area contributed by atoms with Gasteiger partial charge in [0.2, 0.25) is 6.29 Å². The number of rotatable bonds is 6. The highest BCUT2D eigenvalue weighted by molar-refractivity contribution is 5.96. The molecule has 1 aromatic carbocycles. The fraction of sp³-hybridized carbons (Fsp3) is 0.562. The average Bonchev–Trinajstić information content (AvgIpc) is 2.61. The molecular weight excluding hydrogens is 320 g/mol. The van der Waals surface area contributed by atoms with Crippen LogP contribution in [0.5, 0.6) is 11.5 Å². The number of carbonyl (C=O) groups is 1. The number of hydrogen-bond donors (Lipinski definition) is 4. The molecule has 4 N–H and O–H groups in total. The molecule has 0 aromatic heterocycles. The fourth-order valence-corrected chi connectivity index (χ4v) is 2.43. The molecule has 1 fully saturated rings. The van der Waals surface area contributed by atoms with Gasteiger partial charge in [-0.3, -0.25) is 4.79 Å². The van der Waals surface area contributed by atoms with Crippen molar-refractivity contribution in [1.82, 2.24) is 0 Å². The summed E-state index contributed by atoms with van der Waals surface area (Å²) in [6.45, 7) is 1.19. The Morgan fingerprint density at radius 1 is 1.17 bits per heavy atom. The molecule has 0 radical (unpaired) electrons. The van der Waals surface area contributed by atoms with Crippen LogP contribution in [0, 0.1) is 0 Å². The SMILES string of the molecule is CCC(=O)c1ccc(O[C@H]2O[C@@H](CO)[C@@H](O)[C@H](O)[C@@H]2O)c(OC)c1. The summed E-state index contributed by atoms with van der Waals surface area (Å²) in [6.07, 6.45) is -6.56. The van der Waals surface area contributed by atoms with Crippen molar-refractivity contribution in [2.75, 3.05) is 13.7 Å². The van der Waals surface area contributed by atoms with Gasteiger partial charge in [0.05, 0.1) is 13.7 Å². The van der Waals surface area contributed by atoms with E-state index in [0.29, 0.717) is 12.0 Å². The Balaban J connectivity index is 2.21. The van der Waals surface area contributed by atoms with Gasteiger partial charge in [-0.2, -0.15) is 0 Å². The van der Waals surface area contributed by atoms with E-state index in [0.717, 1.165) is 0 Å². The number of aliphatic hydroxyl groups is 4. The third kappa shape index (κ3) is 3.68. The molecule has 1 aliphatic heterocycles.